The number of hydrogen-bond acceptors (Lipinski definition) is 2. The number of carboxylic acid groups (broad SMARTS) is 2. The molecule has 0 amide bonds. The highest BCUT2D eigenvalue weighted by atomic mass is 16.4. The molecule has 0 heterocycles. The van der Waals surface area contributed by atoms with E-state index in [2.05, 4.69) is 0 Å². The molecule has 4 nitrogen and oxygen atoms in total. The first-order chi connectivity index (χ1) is 9.50. The fraction of sp³-hybridized carbons (Fsp3) is 0.875. The van der Waals surface area contributed by atoms with Crippen molar-refractivity contribution in [3.05, 3.63) is 0 Å². The molecule has 8 bridgehead atoms. The van der Waals surface area contributed by atoms with Crippen LogP contribution in [0.3, 0.4) is 0 Å². The van der Waals surface area contributed by atoms with Gasteiger partial charge in [0, 0.05) is 0 Å². The first kappa shape index (κ1) is 11.6. The van der Waals surface area contributed by atoms with Crippen LogP contribution < -0.4 is 0 Å². The maximum absolute atomic E-state index is 12.1. The SMILES string of the molecule is O=C(O)C12CC3C[C@@H]4[C@H]1CC1C[C@H]2[C@H](C3)C4(C(=O)O)C1. The molecule has 0 aliphatic heterocycles. The van der Waals surface area contributed by atoms with E-state index in [0.717, 1.165) is 38.5 Å². The summed E-state index contributed by atoms with van der Waals surface area (Å²) in [4.78, 5) is 24.2. The third-order valence-electron chi connectivity index (χ3n) is 8.02. The molecule has 7 rings (SSSR count). The third-order valence-corrected chi connectivity index (χ3v) is 8.02. The number of carboxylic acids is 2. The minimum Gasteiger partial charge on any atom is -0.481 e. The zero-order valence-corrected chi connectivity index (χ0v) is 11.4. The van der Waals surface area contributed by atoms with Gasteiger partial charge in [0.25, 0.3) is 0 Å². The number of carbonyl (C=O) groups is 2. The summed E-state index contributed by atoms with van der Waals surface area (Å²) < 4.78 is 0. The Morgan fingerprint density at radius 3 is 1.25 bits per heavy atom. The monoisotopic (exact) mass is 276 g/mol. The molecular weight excluding hydrogens is 256 g/mol. The fourth-order valence-corrected chi connectivity index (χ4v) is 7.82. The zero-order valence-electron chi connectivity index (χ0n) is 11.4. The van der Waals surface area contributed by atoms with Crippen LogP contribution in [0.25, 0.3) is 0 Å². The van der Waals surface area contributed by atoms with E-state index >= 15 is 0 Å². The first-order valence-electron chi connectivity index (χ1n) is 7.97. The van der Waals surface area contributed by atoms with E-state index in [0.29, 0.717) is 11.8 Å². The predicted molar refractivity (Wildman–Crippen MR) is 68.8 cm³/mol. The summed E-state index contributed by atoms with van der Waals surface area (Å²) in [5, 5.41) is 19.9. The maximum atomic E-state index is 12.1. The van der Waals surface area contributed by atoms with Crippen LogP contribution in [0.5, 0.6) is 0 Å². The Hall–Kier alpha value is -1.06. The van der Waals surface area contributed by atoms with Gasteiger partial charge in [-0.1, -0.05) is 0 Å². The summed E-state index contributed by atoms with van der Waals surface area (Å²) in [6.45, 7) is 0. The number of rotatable bonds is 2. The van der Waals surface area contributed by atoms with Crippen LogP contribution in [-0.4, -0.2) is 22.2 Å². The van der Waals surface area contributed by atoms with Crippen LogP contribution in [0.1, 0.15) is 38.5 Å². The average Bonchev–Trinajstić information content (AvgIpc) is 2.43. The molecule has 7 saturated carbocycles. The average molecular weight is 276 g/mol. The quantitative estimate of drug-likeness (QED) is 0.811. The largest absolute Gasteiger partial charge is 0.481 e. The Labute approximate surface area is 117 Å². The van der Waals surface area contributed by atoms with E-state index in [9.17, 15) is 19.8 Å². The summed E-state index contributed by atoms with van der Waals surface area (Å²) in [6.07, 6.45) is 5.55. The lowest BCUT2D eigenvalue weighted by Crippen LogP contribution is -2.75. The van der Waals surface area contributed by atoms with E-state index in [1.807, 2.05) is 0 Å². The first-order valence-corrected chi connectivity index (χ1v) is 7.97. The van der Waals surface area contributed by atoms with Crippen LogP contribution in [0.15, 0.2) is 0 Å². The summed E-state index contributed by atoms with van der Waals surface area (Å²) in [7, 11) is 0. The van der Waals surface area contributed by atoms with Crippen molar-refractivity contribution in [2.45, 2.75) is 38.5 Å². The molecule has 8 atom stereocenters. The smallest absolute Gasteiger partial charge is 0.310 e. The van der Waals surface area contributed by atoms with E-state index in [1.165, 1.54) is 0 Å². The third kappa shape index (κ3) is 0.906. The lowest BCUT2D eigenvalue weighted by atomic mass is 9.27. The Bertz CT molecular complexity index is 467. The minimum atomic E-state index is -0.619. The Morgan fingerprint density at radius 1 is 0.700 bits per heavy atom. The van der Waals surface area contributed by atoms with Gasteiger partial charge >= 0.3 is 11.9 Å². The number of hydrogen-bond donors (Lipinski definition) is 2. The van der Waals surface area contributed by atoms with Crippen LogP contribution in [0.4, 0.5) is 0 Å². The second-order valence-corrected chi connectivity index (χ2v) is 8.20. The van der Waals surface area contributed by atoms with Gasteiger partial charge in [0.2, 0.25) is 0 Å². The molecule has 7 aliphatic carbocycles. The molecule has 4 heteroatoms. The van der Waals surface area contributed by atoms with Crippen molar-refractivity contribution < 1.29 is 19.8 Å². The van der Waals surface area contributed by atoms with Crippen molar-refractivity contribution in [3.8, 4) is 0 Å². The molecule has 0 aromatic carbocycles. The van der Waals surface area contributed by atoms with Gasteiger partial charge in [-0.2, -0.15) is 0 Å². The maximum Gasteiger partial charge on any atom is 0.310 e. The number of aliphatic carboxylic acids is 2. The van der Waals surface area contributed by atoms with E-state index < -0.39 is 22.8 Å². The molecular formula is C16H20O4. The summed E-state index contributed by atoms with van der Waals surface area (Å²) in [6, 6.07) is 0. The van der Waals surface area contributed by atoms with Gasteiger partial charge in [-0.25, -0.2) is 0 Å². The van der Waals surface area contributed by atoms with Crippen molar-refractivity contribution in [1.29, 1.82) is 0 Å². The van der Waals surface area contributed by atoms with Crippen LogP contribution >= 0.6 is 0 Å². The molecule has 0 aromatic heterocycles. The van der Waals surface area contributed by atoms with Crippen molar-refractivity contribution in [2.75, 3.05) is 0 Å². The van der Waals surface area contributed by atoms with Gasteiger partial charge in [0.15, 0.2) is 0 Å². The van der Waals surface area contributed by atoms with Gasteiger partial charge < -0.3 is 10.2 Å². The molecule has 4 unspecified atom stereocenters. The highest BCUT2D eigenvalue weighted by Crippen LogP contribution is 2.79. The normalized spacial score (nSPS) is 61.0. The standard InChI is InChI=1S/C16H20O4/c17-13(18)15-6-8-3-10-9(15)1-7-2-11(15)12(4-8)16(10,5-7)14(19)20/h7-12H,1-6H2,(H,17,18)(H,19,20)/t7?,8?,9-,10-,11+,12+,15?,16?. The van der Waals surface area contributed by atoms with E-state index in [4.69, 9.17) is 0 Å². The molecule has 7 fully saturated rings. The zero-order chi connectivity index (χ0) is 13.9. The second-order valence-electron chi connectivity index (χ2n) is 8.20. The van der Waals surface area contributed by atoms with Crippen molar-refractivity contribution in [2.24, 2.45) is 46.3 Å². The van der Waals surface area contributed by atoms with Crippen LogP contribution in [0, 0.1) is 46.3 Å². The Morgan fingerprint density at radius 2 is 1.00 bits per heavy atom. The highest BCUT2D eigenvalue weighted by Gasteiger charge is 2.79. The molecule has 0 saturated heterocycles. The Kier molecular flexibility index (Phi) is 1.78. The lowest BCUT2D eigenvalue weighted by molar-refractivity contribution is -0.290. The summed E-state index contributed by atoms with van der Waals surface area (Å²) in [5.41, 5.74) is -1.13. The minimum absolute atomic E-state index is 0.140. The second kappa shape index (κ2) is 3.07. The summed E-state index contributed by atoms with van der Waals surface area (Å²) in [5.74, 6) is 0.259. The molecule has 108 valence electrons. The molecule has 20 heavy (non-hydrogen) atoms. The van der Waals surface area contributed by atoms with E-state index in [1.54, 1.807) is 0 Å². The fourth-order valence-electron chi connectivity index (χ4n) is 7.82. The lowest BCUT2D eigenvalue weighted by Gasteiger charge is -2.75. The van der Waals surface area contributed by atoms with Crippen molar-refractivity contribution >= 4 is 11.9 Å². The van der Waals surface area contributed by atoms with Gasteiger partial charge in [0.1, 0.15) is 0 Å². The van der Waals surface area contributed by atoms with Crippen LogP contribution in [-0.2, 0) is 9.59 Å². The summed E-state index contributed by atoms with van der Waals surface area (Å²) >= 11 is 0. The van der Waals surface area contributed by atoms with Crippen molar-refractivity contribution in [1.82, 2.24) is 0 Å². The van der Waals surface area contributed by atoms with Gasteiger partial charge in [-0.15, -0.1) is 0 Å². The Balaban J connectivity index is 1.76. The topological polar surface area (TPSA) is 74.6 Å². The van der Waals surface area contributed by atoms with Gasteiger partial charge in [-0.05, 0) is 74.0 Å². The van der Waals surface area contributed by atoms with Crippen LogP contribution in [0.2, 0.25) is 0 Å². The highest BCUT2D eigenvalue weighted by molar-refractivity contribution is 5.81. The molecule has 0 aromatic rings. The molecule has 0 radical (unpaired) electrons. The van der Waals surface area contributed by atoms with Crippen molar-refractivity contribution in [3.63, 3.8) is 0 Å². The molecule has 2 N–H and O–H groups in total. The predicted octanol–water partition coefficient (Wildman–Crippen LogP) is 2.23. The van der Waals surface area contributed by atoms with E-state index in [-0.39, 0.29) is 23.7 Å². The molecule has 0 spiro atoms. The van der Waals surface area contributed by atoms with Gasteiger partial charge in [0.05, 0.1) is 10.8 Å². The molecule has 7 aliphatic rings. The van der Waals surface area contributed by atoms with Gasteiger partial charge in [-0.3, -0.25) is 9.59 Å².